The zero-order valence-corrected chi connectivity index (χ0v) is 14.0. The molecule has 3 nitrogen and oxygen atoms in total. The predicted molar refractivity (Wildman–Crippen MR) is 89.8 cm³/mol. The first-order chi connectivity index (χ1) is 9.08. The molecule has 6 heteroatoms. The molecule has 0 aliphatic rings. The monoisotopic (exact) mass is 322 g/mol. The van der Waals surface area contributed by atoms with Gasteiger partial charge in [0.1, 0.15) is 11.5 Å². The molecule has 0 rings (SSSR count). The van der Waals surface area contributed by atoms with E-state index in [1.165, 1.54) is 6.92 Å². The molecule has 0 bridgehead atoms. The molecule has 0 radical (unpaired) electrons. The average Bonchev–Trinajstić information content (AvgIpc) is 2.34. The van der Waals surface area contributed by atoms with Gasteiger partial charge < -0.3 is 9.29 Å². The lowest BCUT2D eigenvalue weighted by Gasteiger charge is -2.03. The summed E-state index contributed by atoms with van der Waals surface area (Å²) in [6.45, 7) is 10.8. The Kier molecular flexibility index (Phi) is 19.6. The highest BCUT2D eigenvalue weighted by Gasteiger charge is 1.97. The Morgan fingerprint density at radius 2 is 2.05 bits per heavy atom. The number of carbonyl (C=O) groups excluding carboxylic acids is 1. The molecule has 0 fully saturated rings. The lowest BCUT2D eigenvalue weighted by molar-refractivity contribution is -0.140. The summed E-state index contributed by atoms with van der Waals surface area (Å²) in [5.74, 6) is 1.92. The summed E-state index contributed by atoms with van der Waals surface area (Å²) in [5.41, 5.74) is 0. The summed E-state index contributed by atoms with van der Waals surface area (Å²) in [7, 11) is 3.35. The first-order valence-electron chi connectivity index (χ1n) is 5.71. The Labute approximate surface area is 127 Å². The fourth-order valence-corrected chi connectivity index (χ4v) is 2.97. The van der Waals surface area contributed by atoms with Crippen molar-refractivity contribution < 1.29 is 14.1 Å². The number of hydrogen-bond donors (Lipinski definition) is 0. The minimum Gasteiger partial charge on any atom is -0.616 e. The minimum absolute atomic E-state index is 0.211. The number of rotatable bonds is 9. The molecule has 1 atom stereocenters. The summed E-state index contributed by atoms with van der Waals surface area (Å²) < 4.78 is 15.5. The lowest BCUT2D eigenvalue weighted by atomic mass is 10.7. The van der Waals surface area contributed by atoms with E-state index in [2.05, 4.69) is 17.9 Å². The van der Waals surface area contributed by atoms with Crippen LogP contribution in [0.25, 0.3) is 0 Å². The zero-order chi connectivity index (χ0) is 14.9. The highest BCUT2D eigenvalue weighted by atomic mass is 33.1. The van der Waals surface area contributed by atoms with E-state index in [9.17, 15) is 9.35 Å². The van der Waals surface area contributed by atoms with Crippen LogP contribution in [0.2, 0.25) is 0 Å². The maximum atomic E-state index is 11.1. The summed E-state index contributed by atoms with van der Waals surface area (Å²) >= 11 is -0.775. The second-order valence-electron chi connectivity index (χ2n) is 3.03. The van der Waals surface area contributed by atoms with Gasteiger partial charge in [0.25, 0.3) is 0 Å². The first kappa shape index (κ1) is 21.0. The van der Waals surface area contributed by atoms with Crippen molar-refractivity contribution in [1.29, 1.82) is 0 Å². The van der Waals surface area contributed by atoms with Gasteiger partial charge in [0, 0.05) is 12.7 Å². The average molecular weight is 323 g/mol. The fourth-order valence-electron chi connectivity index (χ4n) is 0.715. The van der Waals surface area contributed by atoms with Crippen molar-refractivity contribution >= 4 is 38.7 Å². The van der Waals surface area contributed by atoms with Crippen molar-refractivity contribution in [2.24, 2.45) is 0 Å². The molecule has 0 aromatic heterocycles. The molecule has 0 saturated carbocycles. The molecule has 110 valence electrons. The summed E-state index contributed by atoms with van der Waals surface area (Å²) in [6.07, 6.45) is 5.48. The summed E-state index contributed by atoms with van der Waals surface area (Å²) in [4.78, 5) is 9.82. The third-order valence-electron chi connectivity index (χ3n) is 1.34. The Morgan fingerprint density at radius 3 is 2.47 bits per heavy atom. The van der Waals surface area contributed by atoms with Gasteiger partial charge in [0.05, 0.1) is 6.61 Å². The van der Waals surface area contributed by atoms with Gasteiger partial charge in [0.15, 0.2) is 0 Å². The van der Waals surface area contributed by atoms with Crippen molar-refractivity contribution in [3.8, 4) is 0 Å². The van der Waals surface area contributed by atoms with Crippen LogP contribution in [0.5, 0.6) is 0 Å². The van der Waals surface area contributed by atoms with E-state index >= 15 is 0 Å². The molecule has 0 spiro atoms. The Morgan fingerprint density at radius 1 is 1.37 bits per heavy atom. The van der Waals surface area contributed by atoms with Crippen LogP contribution in [0.4, 0.5) is 0 Å². The van der Waals surface area contributed by atoms with Crippen molar-refractivity contribution in [3.05, 3.63) is 36.8 Å². The van der Waals surface area contributed by atoms with Crippen LogP contribution in [0.3, 0.4) is 0 Å². The third-order valence-corrected chi connectivity index (χ3v) is 4.47. The van der Waals surface area contributed by atoms with Gasteiger partial charge >= 0.3 is 5.97 Å². The summed E-state index contributed by atoms with van der Waals surface area (Å²) in [5, 5.41) is 1.97. The molecule has 0 heterocycles. The van der Waals surface area contributed by atoms with Crippen LogP contribution in [-0.2, 0) is 20.7 Å². The molecule has 0 N–H and O–H groups in total. The van der Waals surface area contributed by atoms with Crippen molar-refractivity contribution in [2.75, 3.05) is 23.9 Å². The molecule has 19 heavy (non-hydrogen) atoms. The largest absolute Gasteiger partial charge is 0.616 e. The Hall–Kier alpha value is -0.300. The van der Waals surface area contributed by atoms with E-state index in [0.29, 0.717) is 18.1 Å². The van der Waals surface area contributed by atoms with Crippen LogP contribution >= 0.6 is 21.6 Å². The quantitative estimate of drug-likeness (QED) is 0.213. The smallest absolute Gasteiger partial charge is 0.302 e. The molecule has 0 aromatic carbocycles. The zero-order valence-electron chi connectivity index (χ0n) is 11.5. The van der Waals surface area contributed by atoms with Gasteiger partial charge in [-0.2, -0.15) is 0 Å². The first-order valence-corrected chi connectivity index (χ1v) is 9.58. The van der Waals surface area contributed by atoms with Gasteiger partial charge in [-0.15, -0.1) is 6.58 Å². The van der Waals surface area contributed by atoms with Gasteiger partial charge in [-0.1, -0.05) is 34.2 Å². The molecule has 0 aliphatic carbocycles. The predicted octanol–water partition coefficient (Wildman–Crippen LogP) is 3.57. The number of esters is 1. The van der Waals surface area contributed by atoms with E-state index in [4.69, 9.17) is 0 Å². The highest BCUT2D eigenvalue weighted by molar-refractivity contribution is 8.77. The van der Waals surface area contributed by atoms with Gasteiger partial charge in [-0.3, -0.25) is 4.79 Å². The standard InChI is InChI=1S/C9H14OS3.C4H8O2/c1-3-6-11-12-7-5-9-13(10)8-4-2;1-3-6-4(2)5/h3-5,7H,1-2,6,8-9H2;3H2,1-2H3. The SMILES string of the molecule is C=CCSSC=CC[S+]([O-])CC=C.CCOC(C)=O. The van der Waals surface area contributed by atoms with E-state index in [1.54, 1.807) is 34.6 Å². The molecular formula is C13H22O3S3. The topological polar surface area (TPSA) is 49.4 Å². The van der Waals surface area contributed by atoms with Crippen LogP contribution in [0.1, 0.15) is 13.8 Å². The van der Waals surface area contributed by atoms with Crippen molar-refractivity contribution in [3.63, 3.8) is 0 Å². The molecule has 0 aromatic rings. The lowest BCUT2D eigenvalue weighted by Crippen LogP contribution is -2.06. The van der Waals surface area contributed by atoms with Crippen LogP contribution in [0, 0.1) is 0 Å². The molecular weight excluding hydrogens is 300 g/mol. The maximum Gasteiger partial charge on any atom is 0.302 e. The van der Waals surface area contributed by atoms with E-state index in [0.717, 1.165) is 5.75 Å². The Bertz CT molecular complexity index is 268. The molecule has 0 amide bonds. The Balaban J connectivity index is 0. The minimum atomic E-state index is -0.775. The van der Waals surface area contributed by atoms with Gasteiger partial charge in [-0.05, 0) is 35.7 Å². The fraction of sp³-hybridized carbons (Fsp3) is 0.462. The van der Waals surface area contributed by atoms with Crippen LogP contribution in [0.15, 0.2) is 36.8 Å². The maximum absolute atomic E-state index is 11.1. The highest BCUT2D eigenvalue weighted by Crippen LogP contribution is 2.21. The van der Waals surface area contributed by atoms with E-state index in [-0.39, 0.29) is 5.97 Å². The number of hydrogen-bond acceptors (Lipinski definition) is 5. The van der Waals surface area contributed by atoms with Crippen LogP contribution in [-0.4, -0.2) is 34.4 Å². The molecule has 0 saturated heterocycles. The summed E-state index contributed by atoms with van der Waals surface area (Å²) in [6, 6.07) is 0. The van der Waals surface area contributed by atoms with Crippen molar-refractivity contribution in [2.45, 2.75) is 13.8 Å². The van der Waals surface area contributed by atoms with Crippen LogP contribution < -0.4 is 0 Å². The van der Waals surface area contributed by atoms with E-state index < -0.39 is 11.2 Å². The molecule has 1 unspecified atom stereocenters. The second-order valence-corrected chi connectivity index (χ2v) is 6.89. The number of ether oxygens (including phenoxy) is 1. The van der Waals surface area contributed by atoms with Gasteiger partial charge in [0.2, 0.25) is 0 Å². The van der Waals surface area contributed by atoms with Crippen molar-refractivity contribution in [1.82, 2.24) is 0 Å². The number of carbonyl (C=O) groups is 1. The second kappa shape index (κ2) is 17.7. The van der Waals surface area contributed by atoms with E-state index in [1.807, 2.05) is 17.6 Å². The van der Waals surface area contributed by atoms with Gasteiger partial charge in [-0.25, -0.2) is 0 Å². The molecule has 0 aliphatic heterocycles. The third kappa shape index (κ3) is 23.2. The normalized spacial score (nSPS) is 11.3.